The molecule has 0 bridgehead atoms. The lowest BCUT2D eigenvalue weighted by Gasteiger charge is -2.04. The Morgan fingerprint density at radius 1 is 0.600 bits per heavy atom. The van der Waals surface area contributed by atoms with Crippen LogP contribution >= 0.6 is 23.2 Å². The van der Waals surface area contributed by atoms with Crippen molar-refractivity contribution >= 4 is 62.3 Å². The van der Waals surface area contributed by atoms with Gasteiger partial charge >= 0.3 is 0 Å². The Labute approximate surface area is 243 Å². The summed E-state index contributed by atoms with van der Waals surface area (Å²) in [5, 5.41) is 1.93. The van der Waals surface area contributed by atoms with Crippen molar-refractivity contribution < 1.29 is 19.2 Å². The van der Waals surface area contributed by atoms with Crippen LogP contribution in [0, 0.1) is 0 Å². The number of ketones is 2. The van der Waals surface area contributed by atoms with Gasteiger partial charge in [0.25, 0.3) is 10.5 Å². The molecule has 5 N–H and O–H groups in total. The van der Waals surface area contributed by atoms with Gasteiger partial charge in [0.15, 0.2) is 11.6 Å². The number of carbonyl (C=O) groups is 4. The van der Waals surface area contributed by atoms with Crippen molar-refractivity contribution in [2.24, 2.45) is 0 Å². The van der Waals surface area contributed by atoms with Gasteiger partial charge in [-0.25, -0.2) is 0 Å². The van der Waals surface area contributed by atoms with Crippen LogP contribution in [-0.2, 0) is 6.42 Å². The van der Waals surface area contributed by atoms with Gasteiger partial charge < -0.3 is 16.8 Å². The van der Waals surface area contributed by atoms with Crippen LogP contribution in [0.25, 0.3) is 0 Å². The second-order valence-corrected chi connectivity index (χ2v) is 9.16. The molecule has 7 nitrogen and oxygen atoms in total. The zero-order valence-electron chi connectivity index (χ0n) is 22.0. The molecule has 0 aromatic heterocycles. The predicted octanol–water partition coefficient (Wildman–Crippen LogP) is 6.65. The van der Waals surface area contributed by atoms with E-state index in [1.54, 1.807) is 48.5 Å². The number of hydrogen-bond donors (Lipinski definition) is 3. The van der Waals surface area contributed by atoms with E-state index < -0.39 is 10.5 Å². The standard InChI is InChI=1S/C17H17NO2.C8H4Cl2O2.C6H8N2/c1-12(19)14-5-7-15(8-6-14)17(20)11-13-3-9-16(18-2)10-4-13;9-7(11)5-1-2-6(4-3-5)8(10)12;7-5-1-2-6(8)4-3-5/h3-10,18H,11H2,1-2H3;1-4H;1-4H,7-8H2. The lowest BCUT2D eigenvalue weighted by Crippen LogP contribution is -2.04. The van der Waals surface area contributed by atoms with E-state index in [0.717, 1.165) is 22.6 Å². The number of benzene rings is 4. The van der Waals surface area contributed by atoms with Gasteiger partial charge in [-0.15, -0.1) is 0 Å². The van der Waals surface area contributed by atoms with Gasteiger partial charge in [-0.2, -0.15) is 0 Å². The fraction of sp³-hybridized carbons (Fsp3) is 0.0968. The molecule has 0 unspecified atom stereocenters. The maximum atomic E-state index is 12.1. The molecule has 0 heterocycles. The summed E-state index contributed by atoms with van der Waals surface area (Å²) in [5.74, 6) is 0.0592. The number of hydrogen-bond acceptors (Lipinski definition) is 7. The molecule has 0 amide bonds. The molecule has 0 saturated carbocycles. The van der Waals surface area contributed by atoms with Gasteiger partial charge in [0.05, 0.1) is 0 Å². The number of rotatable bonds is 7. The van der Waals surface area contributed by atoms with Gasteiger partial charge in [-0.3, -0.25) is 19.2 Å². The largest absolute Gasteiger partial charge is 0.399 e. The maximum absolute atomic E-state index is 12.1. The Kier molecular flexibility index (Phi) is 12.6. The van der Waals surface area contributed by atoms with Crippen molar-refractivity contribution in [3.05, 3.63) is 125 Å². The zero-order chi connectivity index (χ0) is 29.7. The van der Waals surface area contributed by atoms with Gasteiger partial charge in [0.1, 0.15) is 0 Å². The lowest BCUT2D eigenvalue weighted by molar-refractivity contribution is 0.0987. The fourth-order valence-electron chi connectivity index (χ4n) is 3.20. The van der Waals surface area contributed by atoms with E-state index in [9.17, 15) is 19.2 Å². The molecular weight excluding hydrogens is 549 g/mol. The number of anilines is 3. The SMILES string of the molecule is CNc1ccc(CC(=O)c2ccc(C(C)=O)cc2)cc1.Nc1ccc(N)cc1.O=C(Cl)c1ccc(C(=O)Cl)cc1. The van der Waals surface area contributed by atoms with Crippen molar-refractivity contribution in [1.82, 2.24) is 0 Å². The third kappa shape index (κ3) is 10.7. The molecule has 0 aliphatic rings. The maximum Gasteiger partial charge on any atom is 0.252 e. The quantitative estimate of drug-likeness (QED) is 0.127. The van der Waals surface area contributed by atoms with E-state index in [2.05, 4.69) is 5.32 Å². The van der Waals surface area contributed by atoms with Crippen LogP contribution in [0.4, 0.5) is 17.1 Å². The average Bonchev–Trinajstić information content (AvgIpc) is 2.95. The van der Waals surface area contributed by atoms with Crippen LogP contribution in [0.1, 0.15) is 53.9 Å². The minimum atomic E-state index is -0.552. The van der Waals surface area contributed by atoms with Crippen molar-refractivity contribution in [3.8, 4) is 0 Å². The van der Waals surface area contributed by atoms with E-state index in [1.807, 2.05) is 31.3 Å². The van der Waals surface area contributed by atoms with Crippen molar-refractivity contribution in [2.45, 2.75) is 13.3 Å². The molecule has 4 aromatic carbocycles. The number of nitrogen functional groups attached to an aromatic ring is 2. The van der Waals surface area contributed by atoms with Crippen LogP contribution in [0.5, 0.6) is 0 Å². The highest BCUT2D eigenvalue weighted by Gasteiger charge is 2.08. The summed E-state index contributed by atoms with van der Waals surface area (Å²) in [7, 11) is 1.86. The molecular formula is C31H29Cl2N3O4. The van der Waals surface area contributed by atoms with Crippen LogP contribution in [0.2, 0.25) is 0 Å². The molecule has 0 spiro atoms. The highest BCUT2D eigenvalue weighted by Crippen LogP contribution is 2.13. The predicted molar refractivity (Wildman–Crippen MR) is 163 cm³/mol. The monoisotopic (exact) mass is 577 g/mol. The van der Waals surface area contributed by atoms with Crippen molar-refractivity contribution in [1.29, 1.82) is 0 Å². The normalized spacial score (nSPS) is 9.70. The van der Waals surface area contributed by atoms with E-state index in [0.29, 0.717) is 28.7 Å². The number of Topliss-reactive ketones (excluding diaryl/α,β-unsaturated/α-hetero) is 2. The van der Waals surface area contributed by atoms with Crippen LogP contribution in [-0.4, -0.2) is 29.1 Å². The third-order valence-electron chi connectivity index (χ3n) is 5.50. The molecule has 0 aliphatic heterocycles. The molecule has 0 fully saturated rings. The number of nitrogens with one attached hydrogen (secondary N) is 1. The van der Waals surface area contributed by atoms with Gasteiger partial charge in [0.2, 0.25) is 0 Å². The number of carbonyl (C=O) groups excluding carboxylic acids is 4. The molecule has 9 heteroatoms. The Morgan fingerprint density at radius 2 is 0.975 bits per heavy atom. The minimum absolute atomic E-state index is 0.00616. The number of halogens is 2. The van der Waals surface area contributed by atoms with Gasteiger partial charge in [-0.1, -0.05) is 36.4 Å². The first-order valence-corrected chi connectivity index (χ1v) is 12.8. The first-order chi connectivity index (χ1) is 19.0. The molecule has 4 rings (SSSR count). The Bertz CT molecular complexity index is 1380. The second-order valence-electron chi connectivity index (χ2n) is 8.47. The average molecular weight is 578 g/mol. The molecule has 4 aromatic rings. The molecule has 0 saturated heterocycles. The number of nitrogens with two attached hydrogens (primary N) is 2. The highest BCUT2D eigenvalue weighted by molar-refractivity contribution is 6.68. The Hall–Kier alpha value is -4.46. The minimum Gasteiger partial charge on any atom is -0.399 e. The first-order valence-electron chi connectivity index (χ1n) is 12.0. The van der Waals surface area contributed by atoms with Crippen LogP contribution in [0.15, 0.2) is 97.1 Å². The molecule has 206 valence electrons. The van der Waals surface area contributed by atoms with Gasteiger partial charge in [-0.05, 0) is 96.4 Å². The van der Waals surface area contributed by atoms with E-state index in [-0.39, 0.29) is 11.6 Å². The second kappa shape index (κ2) is 15.8. The van der Waals surface area contributed by atoms with E-state index in [1.165, 1.54) is 31.2 Å². The zero-order valence-corrected chi connectivity index (χ0v) is 23.5. The van der Waals surface area contributed by atoms with Crippen molar-refractivity contribution in [2.75, 3.05) is 23.8 Å². The van der Waals surface area contributed by atoms with Crippen LogP contribution in [0.3, 0.4) is 0 Å². The molecule has 0 radical (unpaired) electrons. The molecule has 0 atom stereocenters. The van der Waals surface area contributed by atoms with E-state index >= 15 is 0 Å². The summed E-state index contributed by atoms with van der Waals surface area (Å²) in [5.41, 5.74) is 16.2. The molecule has 40 heavy (non-hydrogen) atoms. The summed E-state index contributed by atoms with van der Waals surface area (Å²) < 4.78 is 0. The highest BCUT2D eigenvalue weighted by atomic mass is 35.5. The van der Waals surface area contributed by atoms with Crippen molar-refractivity contribution in [3.63, 3.8) is 0 Å². The lowest BCUT2D eigenvalue weighted by atomic mass is 10.0. The smallest absolute Gasteiger partial charge is 0.252 e. The first kappa shape index (κ1) is 31.8. The summed E-state index contributed by atoms with van der Waals surface area (Å²) in [6.07, 6.45) is 0.364. The van der Waals surface area contributed by atoms with Gasteiger partial charge in [0, 0.05) is 52.8 Å². The van der Waals surface area contributed by atoms with E-state index in [4.69, 9.17) is 34.7 Å². The van der Waals surface area contributed by atoms with Crippen LogP contribution < -0.4 is 16.8 Å². The summed E-state index contributed by atoms with van der Waals surface area (Å²) in [4.78, 5) is 44.5. The summed E-state index contributed by atoms with van der Waals surface area (Å²) >= 11 is 10.4. The Morgan fingerprint density at radius 3 is 1.32 bits per heavy atom. The topological polar surface area (TPSA) is 132 Å². The Balaban J connectivity index is 0.000000236. The fourth-order valence-corrected chi connectivity index (χ4v) is 3.45. The third-order valence-corrected chi connectivity index (χ3v) is 5.93. The summed E-state index contributed by atoms with van der Waals surface area (Å²) in [6, 6.07) is 27.5. The summed E-state index contributed by atoms with van der Waals surface area (Å²) in [6.45, 7) is 1.51. The molecule has 0 aliphatic carbocycles.